The topological polar surface area (TPSA) is 88.7 Å². The molecule has 0 aliphatic rings. The van der Waals surface area contributed by atoms with Crippen LogP contribution in [0.15, 0.2) is 12.1 Å². The molecule has 8 heteroatoms. The third-order valence-corrected chi connectivity index (χ3v) is 3.60. The second kappa shape index (κ2) is 10.9. The zero-order valence-corrected chi connectivity index (χ0v) is 15.0. The van der Waals surface area contributed by atoms with Crippen molar-refractivity contribution in [3.8, 4) is 5.75 Å². The zero-order chi connectivity index (χ0) is 17.9. The van der Waals surface area contributed by atoms with Crippen LogP contribution in [0, 0.1) is 6.92 Å². The predicted molar refractivity (Wildman–Crippen MR) is 93.7 cm³/mol. The monoisotopic (exact) mass is 357 g/mol. The van der Waals surface area contributed by atoms with Crippen molar-refractivity contribution in [1.82, 2.24) is 10.6 Å². The normalized spacial score (nSPS) is 10.3. The van der Waals surface area contributed by atoms with Crippen molar-refractivity contribution in [3.05, 3.63) is 22.7 Å². The van der Waals surface area contributed by atoms with Gasteiger partial charge >= 0.3 is 0 Å². The first-order valence-electron chi connectivity index (χ1n) is 7.58. The number of amides is 2. The molecule has 0 bridgehead atoms. The fraction of sp³-hybridized carbons (Fsp3) is 0.500. The van der Waals surface area contributed by atoms with Crippen molar-refractivity contribution >= 4 is 29.1 Å². The molecule has 1 rings (SSSR count). The Morgan fingerprint density at radius 1 is 1.17 bits per heavy atom. The van der Waals surface area contributed by atoms with E-state index in [2.05, 4.69) is 16.0 Å². The van der Waals surface area contributed by atoms with Crippen LogP contribution in [0.4, 0.5) is 5.69 Å². The van der Waals surface area contributed by atoms with E-state index in [9.17, 15) is 9.59 Å². The van der Waals surface area contributed by atoms with Gasteiger partial charge in [0.25, 0.3) is 0 Å². The number of ether oxygens (including phenoxy) is 2. The van der Waals surface area contributed by atoms with E-state index in [1.807, 2.05) is 6.92 Å². The minimum absolute atomic E-state index is 0.161. The molecule has 0 spiro atoms. The van der Waals surface area contributed by atoms with Crippen LogP contribution >= 0.6 is 11.6 Å². The van der Waals surface area contributed by atoms with Gasteiger partial charge in [-0.15, -0.1) is 0 Å². The molecule has 0 unspecified atom stereocenters. The molecular formula is C16H24ClN3O4. The Morgan fingerprint density at radius 2 is 1.92 bits per heavy atom. The number of methoxy groups -OCH3 is 2. The Hall–Kier alpha value is -1.83. The van der Waals surface area contributed by atoms with Gasteiger partial charge < -0.3 is 25.4 Å². The summed E-state index contributed by atoms with van der Waals surface area (Å²) in [7, 11) is 3.10. The number of rotatable bonds is 10. The number of halogens is 1. The summed E-state index contributed by atoms with van der Waals surface area (Å²) < 4.78 is 10.1. The number of carbonyl (C=O) groups excluding carboxylic acids is 2. The summed E-state index contributed by atoms with van der Waals surface area (Å²) in [6.45, 7) is 3.42. The van der Waals surface area contributed by atoms with Gasteiger partial charge in [-0.1, -0.05) is 11.6 Å². The molecule has 1 aromatic rings. The van der Waals surface area contributed by atoms with Crippen LogP contribution in [-0.2, 0) is 14.3 Å². The van der Waals surface area contributed by atoms with E-state index in [-0.39, 0.29) is 31.3 Å². The summed E-state index contributed by atoms with van der Waals surface area (Å²) in [6, 6.07) is 3.40. The van der Waals surface area contributed by atoms with Crippen molar-refractivity contribution in [2.24, 2.45) is 0 Å². The number of hydrogen-bond donors (Lipinski definition) is 3. The molecule has 0 atom stereocenters. The summed E-state index contributed by atoms with van der Waals surface area (Å²) in [4.78, 5) is 23.5. The van der Waals surface area contributed by atoms with Crippen LogP contribution in [0.3, 0.4) is 0 Å². The van der Waals surface area contributed by atoms with E-state index < -0.39 is 0 Å². The number of aryl methyl sites for hydroxylation is 1. The van der Waals surface area contributed by atoms with E-state index in [1.54, 1.807) is 19.2 Å². The van der Waals surface area contributed by atoms with Crippen molar-refractivity contribution in [3.63, 3.8) is 0 Å². The molecule has 0 radical (unpaired) electrons. The van der Waals surface area contributed by atoms with Crippen LogP contribution in [0.1, 0.15) is 12.0 Å². The van der Waals surface area contributed by atoms with Crippen molar-refractivity contribution < 1.29 is 19.1 Å². The lowest BCUT2D eigenvalue weighted by Crippen LogP contribution is -2.36. The van der Waals surface area contributed by atoms with Crippen LogP contribution < -0.4 is 20.7 Å². The summed E-state index contributed by atoms with van der Waals surface area (Å²) in [6.07, 6.45) is 0.161. The maximum absolute atomic E-state index is 12.0. The quantitative estimate of drug-likeness (QED) is 0.550. The minimum atomic E-state index is -0.220. The van der Waals surface area contributed by atoms with Crippen LogP contribution in [0.5, 0.6) is 5.75 Å². The fourth-order valence-corrected chi connectivity index (χ4v) is 2.05. The molecule has 0 saturated carbocycles. The Bertz CT molecular complexity index is 566. The maximum Gasteiger partial charge on any atom is 0.233 e. The van der Waals surface area contributed by atoms with Gasteiger partial charge in [-0.2, -0.15) is 0 Å². The molecule has 0 aliphatic carbocycles. The standard InChI is InChI=1S/C16H24ClN3O4/c1-11-8-13(14(24-3)9-12(11)17)20-15(21)4-5-19-16(22)10-18-6-7-23-2/h8-9,18H,4-7,10H2,1-3H3,(H,19,22)(H,20,21). The van der Waals surface area contributed by atoms with E-state index in [4.69, 9.17) is 21.1 Å². The molecule has 0 heterocycles. The van der Waals surface area contributed by atoms with Crippen molar-refractivity contribution in [2.45, 2.75) is 13.3 Å². The molecular weight excluding hydrogens is 334 g/mol. The molecule has 0 saturated heterocycles. The maximum atomic E-state index is 12.0. The highest BCUT2D eigenvalue weighted by atomic mass is 35.5. The summed E-state index contributed by atoms with van der Waals surface area (Å²) in [5.41, 5.74) is 1.39. The van der Waals surface area contributed by atoms with E-state index in [0.29, 0.717) is 29.6 Å². The molecule has 134 valence electrons. The van der Waals surface area contributed by atoms with Gasteiger partial charge in [0.15, 0.2) is 0 Å². The summed E-state index contributed by atoms with van der Waals surface area (Å²) >= 11 is 6.03. The van der Waals surface area contributed by atoms with E-state index in [0.717, 1.165) is 5.56 Å². The summed E-state index contributed by atoms with van der Waals surface area (Å²) in [5.74, 6) is 0.104. The number of hydrogen-bond acceptors (Lipinski definition) is 5. The second-order valence-electron chi connectivity index (χ2n) is 5.12. The predicted octanol–water partition coefficient (Wildman–Crippen LogP) is 1.34. The molecule has 0 aliphatic heterocycles. The Labute approximate surface area is 147 Å². The Morgan fingerprint density at radius 3 is 2.58 bits per heavy atom. The highest BCUT2D eigenvalue weighted by Gasteiger charge is 2.10. The van der Waals surface area contributed by atoms with Gasteiger partial charge in [-0.05, 0) is 18.6 Å². The average molecular weight is 358 g/mol. The minimum Gasteiger partial charge on any atom is -0.495 e. The lowest BCUT2D eigenvalue weighted by atomic mass is 10.2. The van der Waals surface area contributed by atoms with Crippen LogP contribution in [-0.4, -0.2) is 52.3 Å². The van der Waals surface area contributed by atoms with E-state index >= 15 is 0 Å². The van der Waals surface area contributed by atoms with Gasteiger partial charge in [0.2, 0.25) is 11.8 Å². The van der Waals surface area contributed by atoms with Gasteiger partial charge in [-0.3, -0.25) is 9.59 Å². The summed E-state index contributed by atoms with van der Waals surface area (Å²) in [5, 5.41) is 8.92. The van der Waals surface area contributed by atoms with Crippen molar-refractivity contribution in [2.75, 3.05) is 45.8 Å². The number of nitrogens with one attached hydrogen (secondary N) is 3. The zero-order valence-electron chi connectivity index (χ0n) is 14.2. The Kier molecular flexibility index (Phi) is 9.14. The number of carbonyl (C=O) groups is 2. The molecule has 2 amide bonds. The highest BCUT2D eigenvalue weighted by molar-refractivity contribution is 6.31. The van der Waals surface area contributed by atoms with Gasteiger partial charge in [0.1, 0.15) is 5.75 Å². The van der Waals surface area contributed by atoms with Gasteiger partial charge in [-0.25, -0.2) is 0 Å². The molecule has 3 N–H and O–H groups in total. The molecule has 0 aromatic heterocycles. The average Bonchev–Trinajstić information content (AvgIpc) is 2.54. The van der Waals surface area contributed by atoms with Gasteiger partial charge in [0, 0.05) is 37.7 Å². The third-order valence-electron chi connectivity index (χ3n) is 3.20. The fourth-order valence-electron chi connectivity index (χ4n) is 1.90. The Balaban J connectivity index is 2.37. The SMILES string of the molecule is COCCNCC(=O)NCCC(=O)Nc1cc(C)c(Cl)cc1OC. The van der Waals surface area contributed by atoms with E-state index in [1.165, 1.54) is 7.11 Å². The molecule has 24 heavy (non-hydrogen) atoms. The first-order chi connectivity index (χ1) is 11.5. The highest BCUT2D eigenvalue weighted by Crippen LogP contribution is 2.30. The smallest absolute Gasteiger partial charge is 0.233 e. The second-order valence-corrected chi connectivity index (χ2v) is 5.53. The molecule has 0 fully saturated rings. The molecule has 7 nitrogen and oxygen atoms in total. The molecule has 1 aromatic carbocycles. The first-order valence-corrected chi connectivity index (χ1v) is 7.96. The first kappa shape index (κ1) is 20.2. The van der Waals surface area contributed by atoms with Crippen LogP contribution in [0.25, 0.3) is 0 Å². The lowest BCUT2D eigenvalue weighted by molar-refractivity contribution is -0.120. The van der Waals surface area contributed by atoms with Crippen LogP contribution in [0.2, 0.25) is 5.02 Å². The number of benzene rings is 1. The lowest BCUT2D eigenvalue weighted by Gasteiger charge is -2.12. The largest absolute Gasteiger partial charge is 0.495 e. The number of anilines is 1. The van der Waals surface area contributed by atoms with Crippen molar-refractivity contribution in [1.29, 1.82) is 0 Å². The van der Waals surface area contributed by atoms with Gasteiger partial charge in [0.05, 0.1) is 25.9 Å². The third kappa shape index (κ3) is 7.16.